The number of hydrogen-bond donors (Lipinski definition) is 1. The maximum absolute atomic E-state index is 11.1. The lowest BCUT2D eigenvalue weighted by molar-refractivity contribution is 0.0690. The molecular weight excluding hydrogens is 234 g/mol. The van der Waals surface area contributed by atoms with Crippen LogP contribution in [0, 0.1) is 11.3 Å². The average molecular weight is 245 g/mol. The number of carboxylic acids is 1. The first kappa shape index (κ1) is 11.9. The number of aryl methyl sites for hydroxylation is 1. The van der Waals surface area contributed by atoms with Crippen molar-refractivity contribution in [3.63, 3.8) is 0 Å². The van der Waals surface area contributed by atoms with E-state index in [1.165, 1.54) is 7.11 Å². The van der Waals surface area contributed by atoms with Gasteiger partial charge in [-0.15, -0.1) is 0 Å². The zero-order valence-electron chi connectivity index (χ0n) is 9.97. The number of carboxylic acid groups (broad SMARTS) is 1. The van der Waals surface area contributed by atoms with Crippen molar-refractivity contribution in [1.82, 2.24) is 9.38 Å². The van der Waals surface area contributed by atoms with Crippen LogP contribution < -0.4 is 4.74 Å². The highest BCUT2D eigenvalue weighted by molar-refractivity contribution is 5.88. The summed E-state index contributed by atoms with van der Waals surface area (Å²) >= 11 is 0. The number of aromatic carboxylic acids is 1. The smallest absolute Gasteiger partial charge is 0.356 e. The summed E-state index contributed by atoms with van der Waals surface area (Å²) in [5.74, 6) is -0.692. The van der Waals surface area contributed by atoms with E-state index >= 15 is 0 Å². The van der Waals surface area contributed by atoms with Crippen LogP contribution in [-0.4, -0.2) is 27.6 Å². The predicted molar refractivity (Wildman–Crippen MR) is 62.8 cm³/mol. The monoisotopic (exact) mass is 245 g/mol. The van der Waals surface area contributed by atoms with Crippen LogP contribution in [0.15, 0.2) is 12.3 Å². The Bertz CT molecular complexity index is 667. The van der Waals surface area contributed by atoms with Crippen molar-refractivity contribution in [1.29, 1.82) is 5.26 Å². The lowest BCUT2D eigenvalue weighted by Crippen LogP contribution is -2.02. The third kappa shape index (κ3) is 1.66. The molecule has 1 N–H and O–H groups in total. The van der Waals surface area contributed by atoms with Crippen LogP contribution in [0.2, 0.25) is 0 Å². The number of hydrogen-bond acceptors (Lipinski definition) is 4. The first-order valence-corrected chi connectivity index (χ1v) is 5.34. The number of fused-ring (bicyclic) bond motifs is 1. The number of nitriles is 1. The quantitative estimate of drug-likeness (QED) is 0.884. The molecule has 18 heavy (non-hydrogen) atoms. The number of methoxy groups -OCH3 is 1. The van der Waals surface area contributed by atoms with E-state index in [2.05, 4.69) is 4.98 Å². The molecule has 2 aromatic rings. The van der Waals surface area contributed by atoms with Crippen LogP contribution in [0.3, 0.4) is 0 Å². The van der Waals surface area contributed by atoms with Crippen molar-refractivity contribution < 1.29 is 14.6 Å². The molecule has 0 saturated carbocycles. The van der Waals surface area contributed by atoms with E-state index in [1.807, 2.05) is 13.0 Å². The Hall–Kier alpha value is -2.55. The molecular formula is C12H11N3O3. The van der Waals surface area contributed by atoms with Crippen LogP contribution in [0.4, 0.5) is 0 Å². The van der Waals surface area contributed by atoms with Crippen molar-refractivity contribution in [2.24, 2.45) is 0 Å². The molecule has 0 radical (unpaired) electrons. The molecule has 0 spiro atoms. The molecule has 0 aromatic carbocycles. The highest BCUT2D eigenvalue weighted by Crippen LogP contribution is 2.22. The van der Waals surface area contributed by atoms with Gasteiger partial charge in [0.1, 0.15) is 23.0 Å². The van der Waals surface area contributed by atoms with Crippen LogP contribution in [0.1, 0.15) is 28.7 Å². The van der Waals surface area contributed by atoms with Crippen molar-refractivity contribution in [3.05, 3.63) is 29.2 Å². The summed E-state index contributed by atoms with van der Waals surface area (Å²) in [5.41, 5.74) is 1.38. The second kappa shape index (κ2) is 4.37. The molecule has 0 aliphatic rings. The molecule has 0 amide bonds. The van der Waals surface area contributed by atoms with Crippen LogP contribution in [-0.2, 0) is 6.42 Å². The van der Waals surface area contributed by atoms with Crippen LogP contribution in [0.5, 0.6) is 5.75 Å². The van der Waals surface area contributed by atoms with E-state index in [9.17, 15) is 4.79 Å². The van der Waals surface area contributed by atoms with Gasteiger partial charge in [-0.25, -0.2) is 9.78 Å². The lowest BCUT2D eigenvalue weighted by atomic mass is 10.2. The van der Waals surface area contributed by atoms with Crippen molar-refractivity contribution >= 4 is 11.6 Å². The molecule has 0 unspecified atom stereocenters. The fourth-order valence-electron chi connectivity index (χ4n) is 1.88. The van der Waals surface area contributed by atoms with E-state index < -0.39 is 5.97 Å². The molecule has 0 bridgehead atoms. The van der Waals surface area contributed by atoms with Gasteiger partial charge < -0.3 is 14.2 Å². The minimum Gasteiger partial charge on any atom is -0.495 e. The van der Waals surface area contributed by atoms with Gasteiger partial charge >= 0.3 is 5.97 Å². The summed E-state index contributed by atoms with van der Waals surface area (Å²) in [6.45, 7) is 1.84. The Morgan fingerprint density at radius 3 is 2.89 bits per heavy atom. The minimum atomic E-state index is -1.08. The van der Waals surface area contributed by atoms with Gasteiger partial charge in [0, 0.05) is 12.3 Å². The highest BCUT2D eigenvalue weighted by atomic mass is 16.5. The SMILES string of the molecule is CCc1c(C(=O)O)nc2cc(OC)c(C#N)cn12. The molecule has 0 fully saturated rings. The molecule has 0 aliphatic heterocycles. The third-order valence-electron chi connectivity index (χ3n) is 2.70. The number of carbonyl (C=O) groups is 1. The molecule has 0 saturated heterocycles. The number of imidazole rings is 1. The number of pyridine rings is 1. The average Bonchev–Trinajstić information content (AvgIpc) is 2.74. The normalized spacial score (nSPS) is 10.3. The van der Waals surface area contributed by atoms with Crippen LogP contribution >= 0.6 is 0 Å². The van der Waals surface area contributed by atoms with Gasteiger partial charge in [-0.1, -0.05) is 6.92 Å². The lowest BCUT2D eigenvalue weighted by Gasteiger charge is -2.04. The van der Waals surface area contributed by atoms with Gasteiger partial charge in [-0.2, -0.15) is 5.26 Å². The van der Waals surface area contributed by atoms with E-state index in [0.29, 0.717) is 29.1 Å². The summed E-state index contributed by atoms with van der Waals surface area (Å²) in [6, 6.07) is 3.57. The van der Waals surface area contributed by atoms with Crippen molar-refractivity contribution in [2.45, 2.75) is 13.3 Å². The van der Waals surface area contributed by atoms with Gasteiger partial charge in [0.15, 0.2) is 5.69 Å². The van der Waals surface area contributed by atoms with Gasteiger partial charge in [0.25, 0.3) is 0 Å². The zero-order valence-corrected chi connectivity index (χ0v) is 9.97. The van der Waals surface area contributed by atoms with Gasteiger partial charge in [0.2, 0.25) is 0 Å². The van der Waals surface area contributed by atoms with Crippen molar-refractivity contribution in [2.75, 3.05) is 7.11 Å². The highest BCUT2D eigenvalue weighted by Gasteiger charge is 2.18. The van der Waals surface area contributed by atoms with Gasteiger partial charge in [-0.05, 0) is 6.42 Å². The van der Waals surface area contributed by atoms with Gasteiger partial charge in [-0.3, -0.25) is 0 Å². The summed E-state index contributed by atoms with van der Waals surface area (Å²) in [4.78, 5) is 15.1. The molecule has 0 aliphatic carbocycles. The first-order valence-electron chi connectivity index (χ1n) is 5.34. The molecule has 0 atom stereocenters. The second-order valence-electron chi connectivity index (χ2n) is 3.66. The van der Waals surface area contributed by atoms with E-state index in [0.717, 1.165) is 0 Å². The van der Waals surface area contributed by atoms with E-state index in [4.69, 9.17) is 15.1 Å². The first-order chi connectivity index (χ1) is 8.62. The molecule has 92 valence electrons. The van der Waals surface area contributed by atoms with Crippen LogP contribution in [0.25, 0.3) is 5.65 Å². The predicted octanol–water partition coefficient (Wildman–Crippen LogP) is 1.48. The molecule has 2 rings (SSSR count). The Morgan fingerprint density at radius 1 is 1.67 bits per heavy atom. The molecule has 6 heteroatoms. The fraction of sp³-hybridized carbons (Fsp3) is 0.250. The topological polar surface area (TPSA) is 87.6 Å². The number of ether oxygens (including phenoxy) is 1. The molecule has 2 aromatic heterocycles. The maximum Gasteiger partial charge on any atom is 0.356 e. The van der Waals surface area contributed by atoms with Gasteiger partial charge in [0.05, 0.1) is 12.8 Å². The molecule has 2 heterocycles. The fourth-order valence-corrected chi connectivity index (χ4v) is 1.88. The number of rotatable bonds is 3. The second-order valence-corrected chi connectivity index (χ2v) is 3.66. The van der Waals surface area contributed by atoms with E-state index in [-0.39, 0.29) is 5.69 Å². The third-order valence-corrected chi connectivity index (χ3v) is 2.70. The number of nitrogens with zero attached hydrogens (tertiary/aromatic N) is 3. The summed E-state index contributed by atoms with van der Waals surface area (Å²) in [6.07, 6.45) is 2.06. The Morgan fingerprint density at radius 2 is 2.39 bits per heavy atom. The maximum atomic E-state index is 11.1. The Labute approximate surface area is 103 Å². The zero-order chi connectivity index (χ0) is 13.3. The Kier molecular flexibility index (Phi) is 2.90. The largest absolute Gasteiger partial charge is 0.495 e. The standard InChI is InChI=1S/C12H11N3O3/c1-3-8-11(12(16)17)14-10-4-9(18-2)7(5-13)6-15(8)10/h4,6H,3H2,1-2H3,(H,16,17). The molecule has 6 nitrogen and oxygen atoms in total. The summed E-state index contributed by atoms with van der Waals surface area (Å²) in [5, 5.41) is 18.1. The minimum absolute atomic E-state index is 0.00893. The summed E-state index contributed by atoms with van der Waals surface area (Å²) < 4.78 is 6.68. The number of aromatic nitrogens is 2. The summed E-state index contributed by atoms with van der Waals surface area (Å²) in [7, 11) is 1.45. The van der Waals surface area contributed by atoms with Crippen molar-refractivity contribution in [3.8, 4) is 11.8 Å². The van der Waals surface area contributed by atoms with E-state index in [1.54, 1.807) is 16.7 Å². The Balaban J connectivity index is 2.82.